The third-order valence-electron chi connectivity index (χ3n) is 6.28. The lowest BCUT2D eigenvalue weighted by atomic mass is 9.78. The zero-order valence-corrected chi connectivity index (χ0v) is 17.9. The molecule has 0 bridgehead atoms. The summed E-state index contributed by atoms with van der Waals surface area (Å²) in [6.07, 6.45) is 6.74. The maximum atomic E-state index is 12.7. The minimum absolute atomic E-state index is 0.0956. The fourth-order valence-corrected chi connectivity index (χ4v) is 4.63. The summed E-state index contributed by atoms with van der Waals surface area (Å²) < 4.78 is 13.7. The molecule has 1 spiro atoms. The van der Waals surface area contributed by atoms with Gasteiger partial charge in [0.15, 0.2) is 5.78 Å². The molecule has 5 rings (SSSR count). The fourth-order valence-electron chi connectivity index (χ4n) is 4.63. The fraction of sp³-hybridized carbons (Fsp3) is 0.400. The van der Waals surface area contributed by atoms with Crippen molar-refractivity contribution < 1.29 is 19.4 Å². The maximum absolute atomic E-state index is 12.7. The lowest BCUT2D eigenvalue weighted by molar-refractivity contribution is 0.0132. The molecule has 32 heavy (non-hydrogen) atoms. The summed E-state index contributed by atoms with van der Waals surface area (Å²) in [6.45, 7) is 0.362. The third kappa shape index (κ3) is 4.39. The Kier molecular flexibility index (Phi) is 5.66. The number of ketones is 1. The molecule has 0 saturated heterocycles. The van der Waals surface area contributed by atoms with Gasteiger partial charge in [-0.15, -0.1) is 5.10 Å². The van der Waals surface area contributed by atoms with E-state index >= 15 is 0 Å². The number of hydrogen-bond donors (Lipinski definition) is 1. The molecule has 166 valence electrons. The largest absolute Gasteiger partial charge is 0.491 e. The number of aromatic nitrogens is 3. The number of hydrogen-bond acceptors (Lipinski definition) is 6. The molecule has 1 unspecified atom stereocenters. The number of ether oxygens (including phenoxy) is 2. The number of Topliss-reactive ketones (excluding diaryl/α,β-unsaturated/α-hetero) is 1. The van der Waals surface area contributed by atoms with E-state index in [-0.39, 0.29) is 24.5 Å². The van der Waals surface area contributed by atoms with Crippen LogP contribution in [0.3, 0.4) is 0 Å². The Morgan fingerprint density at radius 1 is 1.12 bits per heavy atom. The van der Waals surface area contributed by atoms with Crippen LogP contribution in [-0.2, 0) is 6.54 Å². The van der Waals surface area contributed by atoms with Gasteiger partial charge in [0.1, 0.15) is 35.5 Å². The first-order valence-corrected chi connectivity index (χ1v) is 11.2. The van der Waals surface area contributed by atoms with Crippen LogP contribution in [0.25, 0.3) is 11.3 Å². The summed E-state index contributed by atoms with van der Waals surface area (Å²) in [4.78, 5) is 12.7. The molecular formula is C25H27N3O4. The molecule has 3 aromatic rings. The highest BCUT2D eigenvalue weighted by molar-refractivity contribution is 6.00. The molecule has 1 atom stereocenters. The Balaban J connectivity index is 1.21. The third-order valence-corrected chi connectivity index (χ3v) is 6.28. The molecule has 1 N–H and O–H groups in total. The van der Waals surface area contributed by atoms with Crippen molar-refractivity contribution in [1.82, 2.24) is 15.0 Å². The summed E-state index contributed by atoms with van der Waals surface area (Å²) in [5, 5.41) is 18.7. The summed E-state index contributed by atoms with van der Waals surface area (Å²) in [7, 11) is 0. The molecule has 7 heteroatoms. The van der Waals surface area contributed by atoms with Gasteiger partial charge in [-0.25, -0.2) is 4.68 Å². The number of rotatable bonds is 6. The molecule has 1 aliphatic heterocycles. The summed E-state index contributed by atoms with van der Waals surface area (Å²) in [6, 6.07) is 15.1. The quantitative estimate of drug-likeness (QED) is 0.631. The van der Waals surface area contributed by atoms with Crippen LogP contribution in [0, 0.1) is 0 Å². The lowest BCUT2D eigenvalue weighted by Gasteiger charge is -2.40. The standard InChI is InChI=1S/C25H27N3O4/c29-19(15-28-16-22(26-27-28)18-7-3-1-4-8-18)17-31-20-9-10-21-23(30)14-25(32-24(21)13-20)11-5-2-6-12-25/h1,3-4,7-10,13,16,19,29H,2,5-6,11-12,14-15,17H2. The van der Waals surface area contributed by atoms with Crippen molar-refractivity contribution in [3.63, 3.8) is 0 Å². The van der Waals surface area contributed by atoms with Crippen molar-refractivity contribution >= 4 is 5.78 Å². The van der Waals surface area contributed by atoms with Gasteiger partial charge in [0.05, 0.1) is 24.7 Å². The number of carbonyl (C=O) groups excluding carboxylic acids is 1. The number of aliphatic hydroxyl groups is 1. The van der Waals surface area contributed by atoms with Gasteiger partial charge in [0.25, 0.3) is 0 Å². The Hall–Kier alpha value is -3.19. The van der Waals surface area contributed by atoms with Crippen LogP contribution < -0.4 is 9.47 Å². The van der Waals surface area contributed by atoms with Crippen molar-refractivity contribution in [3.05, 3.63) is 60.3 Å². The van der Waals surface area contributed by atoms with Crippen LogP contribution >= 0.6 is 0 Å². The van der Waals surface area contributed by atoms with E-state index in [0.29, 0.717) is 23.5 Å². The van der Waals surface area contributed by atoms with E-state index in [1.807, 2.05) is 30.3 Å². The highest BCUT2D eigenvalue weighted by atomic mass is 16.5. The van der Waals surface area contributed by atoms with Gasteiger partial charge in [0, 0.05) is 11.6 Å². The molecular weight excluding hydrogens is 406 g/mol. The van der Waals surface area contributed by atoms with E-state index in [1.165, 1.54) is 6.42 Å². The average molecular weight is 434 g/mol. The smallest absolute Gasteiger partial charge is 0.170 e. The highest BCUT2D eigenvalue weighted by Crippen LogP contribution is 2.42. The second-order valence-electron chi connectivity index (χ2n) is 8.76. The molecule has 0 radical (unpaired) electrons. The van der Waals surface area contributed by atoms with Gasteiger partial charge in [0.2, 0.25) is 0 Å². The zero-order chi connectivity index (χ0) is 22.0. The Labute approximate surface area is 187 Å². The Morgan fingerprint density at radius 2 is 1.94 bits per heavy atom. The molecule has 1 aliphatic carbocycles. The highest BCUT2D eigenvalue weighted by Gasteiger charge is 2.41. The molecule has 1 aromatic heterocycles. The van der Waals surface area contributed by atoms with E-state index in [0.717, 1.165) is 36.9 Å². The van der Waals surface area contributed by atoms with Crippen LogP contribution in [0.15, 0.2) is 54.7 Å². The lowest BCUT2D eigenvalue weighted by Crippen LogP contribution is -2.43. The minimum atomic E-state index is -0.761. The molecule has 0 amide bonds. The van der Waals surface area contributed by atoms with Gasteiger partial charge < -0.3 is 14.6 Å². The molecule has 1 fully saturated rings. The van der Waals surface area contributed by atoms with E-state index in [1.54, 1.807) is 29.1 Å². The Morgan fingerprint density at radius 3 is 2.75 bits per heavy atom. The second-order valence-corrected chi connectivity index (χ2v) is 8.76. The van der Waals surface area contributed by atoms with Crippen LogP contribution in [0.4, 0.5) is 0 Å². The first-order valence-electron chi connectivity index (χ1n) is 11.2. The normalized spacial score (nSPS) is 18.1. The summed E-state index contributed by atoms with van der Waals surface area (Å²) in [5.41, 5.74) is 1.99. The van der Waals surface area contributed by atoms with Gasteiger partial charge in [-0.2, -0.15) is 0 Å². The maximum Gasteiger partial charge on any atom is 0.170 e. The number of fused-ring (bicyclic) bond motifs is 1. The topological polar surface area (TPSA) is 86.5 Å². The average Bonchev–Trinajstić information content (AvgIpc) is 3.27. The number of nitrogens with zero attached hydrogens (tertiary/aromatic N) is 3. The first-order chi connectivity index (χ1) is 15.6. The predicted octanol–water partition coefficient (Wildman–Crippen LogP) is 4.05. The van der Waals surface area contributed by atoms with Crippen LogP contribution in [0.2, 0.25) is 0 Å². The van der Waals surface area contributed by atoms with Gasteiger partial charge in [-0.1, -0.05) is 42.0 Å². The van der Waals surface area contributed by atoms with Crippen LogP contribution in [0.1, 0.15) is 48.9 Å². The van der Waals surface area contributed by atoms with E-state index < -0.39 is 6.10 Å². The summed E-state index contributed by atoms with van der Waals surface area (Å²) in [5.74, 6) is 1.31. The summed E-state index contributed by atoms with van der Waals surface area (Å²) >= 11 is 0. The van der Waals surface area contributed by atoms with E-state index in [4.69, 9.17) is 9.47 Å². The molecule has 1 saturated carbocycles. The van der Waals surface area contributed by atoms with Crippen molar-refractivity contribution in [2.45, 2.75) is 56.8 Å². The monoisotopic (exact) mass is 433 g/mol. The van der Waals surface area contributed by atoms with E-state index in [9.17, 15) is 9.90 Å². The SMILES string of the molecule is O=C1CC2(CCCCC2)Oc2cc(OCC(O)Cn3cc(-c4ccccc4)nn3)ccc21. The van der Waals surface area contributed by atoms with Crippen LogP contribution in [0.5, 0.6) is 11.5 Å². The minimum Gasteiger partial charge on any atom is -0.491 e. The van der Waals surface area contributed by atoms with Crippen molar-refractivity contribution in [2.75, 3.05) is 6.61 Å². The van der Waals surface area contributed by atoms with Gasteiger partial charge >= 0.3 is 0 Å². The molecule has 7 nitrogen and oxygen atoms in total. The second kappa shape index (κ2) is 8.74. The van der Waals surface area contributed by atoms with Gasteiger partial charge in [-0.05, 0) is 37.8 Å². The predicted molar refractivity (Wildman–Crippen MR) is 119 cm³/mol. The zero-order valence-electron chi connectivity index (χ0n) is 17.9. The number of aliphatic hydroxyl groups excluding tert-OH is 1. The Bertz CT molecular complexity index is 1090. The molecule has 2 heterocycles. The van der Waals surface area contributed by atoms with Gasteiger partial charge in [-0.3, -0.25) is 4.79 Å². The first kappa shape index (κ1) is 20.7. The van der Waals surface area contributed by atoms with Crippen molar-refractivity contribution in [3.8, 4) is 22.8 Å². The van der Waals surface area contributed by atoms with E-state index in [2.05, 4.69) is 10.3 Å². The van der Waals surface area contributed by atoms with Crippen LogP contribution in [-0.4, -0.2) is 44.2 Å². The molecule has 2 aromatic carbocycles. The van der Waals surface area contributed by atoms with Crippen molar-refractivity contribution in [1.29, 1.82) is 0 Å². The number of benzene rings is 2. The molecule has 2 aliphatic rings. The number of carbonyl (C=O) groups is 1. The van der Waals surface area contributed by atoms with Crippen molar-refractivity contribution in [2.24, 2.45) is 0 Å².